The first-order valence-electron chi connectivity index (χ1n) is 6.59. The van der Waals surface area contributed by atoms with E-state index in [1.807, 2.05) is 6.92 Å². The van der Waals surface area contributed by atoms with E-state index >= 15 is 0 Å². The zero-order valence-electron chi connectivity index (χ0n) is 11.5. The molecule has 8 heteroatoms. The summed E-state index contributed by atoms with van der Waals surface area (Å²) in [5.41, 5.74) is 6.84. The highest BCUT2D eigenvalue weighted by molar-refractivity contribution is 5.95. The minimum absolute atomic E-state index is 0.0915. The predicted octanol–water partition coefficient (Wildman–Crippen LogP) is -0.341. The largest absolute Gasteiger partial charge is 0.409 e. The van der Waals surface area contributed by atoms with E-state index < -0.39 is 0 Å². The summed E-state index contributed by atoms with van der Waals surface area (Å²) in [5.74, 6) is 0.118. The van der Waals surface area contributed by atoms with E-state index in [9.17, 15) is 4.79 Å². The molecule has 1 amide bonds. The van der Waals surface area contributed by atoms with Gasteiger partial charge in [0.1, 0.15) is 0 Å². The number of H-pyrrole nitrogens is 1. The van der Waals surface area contributed by atoms with Crippen molar-refractivity contribution in [3.63, 3.8) is 0 Å². The van der Waals surface area contributed by atoms with Crippen molar-refractivity contribution in [1.29, 1.82) is 0 Å². The molecule has 1 aliphatic rings. The number of likely N-dealkylation sites (tertiary alicyclic amines) is 1. The first-order chi connectivity index (χ1) is 9.60. The Labute approximate surface area is 117 Å². The Kier molecular flexibility index (Phi) is 4.57. The lowest BCUT2D eigenvalue weighted by atomic mass is 10.0. The van der Waals surface area contributed by atoms with Crippen molar-refractivity contribution in [2.45, 2.75) is 25.8 Å². The molecule has 110 valence electrons. The third kappa shape index (κ3) is 3.47. The summed E-state index contributed by atoms with van der Waals surface area (Å²) in [5, 5.41) is 21.1. The van der Waals surface area contributed by atoms with Crippen LogP contribution in [0.15, 0.2) is 11.4 Å². The normalized spacial score (nSPS) is 18.1. The minimum atomic E-state index is -0.0915. The van der Waals surface area contributed by atoms with Crippen LogP contribution in [0, 0.1) is 6.92 Å². The Balaban J connectivity index is 1.80. The van der Waals surface area contributed by atoms with Gasteiger partial charge in [0.15, 0.2) is 5.84 Å². The lowest BCUT2D eigenvalue weighted by Crippen LogP contribution is -2.46. The molecular weight excluding hydrogens is 260 g/mol. The van der Waals surface area contributed by atoms with E-state index in [1.165, 1.54) is 6.20 Å². The van der Waals surface area contributed by atoms with Gasteiger partial charge in [-0.3, -0.25) is 14.8 Å². The molecule has 1 fully saturated rings. The summed E-state index contributed by atoms with van der Waals surface area (Å²) in [6.07, 6.45) is 3.24. The molecule has 0 spiro atoms. The number of amides is 1. The van der Waals surface area contributed by atoms with Crippen molar-refractivity contribution >= 4 is 11.7 Å². The first kappa shape index (κ1) is 14.3. The number of aromatic amines is 1. The molecule has 0 aromatic carbocycles. The number of nitrogens with two attached hydrogens (primary N) is 1. The fraction of sp³-hybridized carbons (Fsp3) is 0.583. The Morgan fingerprint density at radius 2 is 2.35 bits per heavy atom. The van der Waals surface area contributed by atoms with Crippen LogP contribution in [-0.2, 0) is 0 Å². The summed E-state index contributed by atoms with van der Waals surface area (Å²) < 4.78 is 0. The van der Waals surface area contributed by atoms with Crippen LogP contribution in [0.2, 0.25) is 0 Å². The van der Waals surface area contributed by atoms with Crippen LogP contribution in [0.5, 0.6) is 0 Å². The average Bonchev–Trinajstić information content (AvgIpc) is 2.87. The number of hydrogen-bond donors (Lipinski definition) is 4. The van der Waals surface area contributed by atoms with Crippen LogP contribution in [0.4, 0.5) is 0 Å². The molecule has 20 heavy (non-hydrogen) atoms. The third-order valence-electron chi connectivity index (χ3n) is 3.51. The molecule has 1 saturated heterocycles. The topological polar surface area (TPSA) is 120 Å². The second-order valence-electron chi connectivity index (χ2n) is 5.02. The number of carbonyl (C=O) groups is 1. The van der Waals surface area contributed by atoms with Crippen molar-refractivity contribution in [3.05, 3.63) is 17.5 Å². The number of nitrogens with zero attached hydrogens (tertiary/aromatic N) is 3. The molecule has 1 aromatic rings. The fourth-order valence-corrected chi connectivity index (χ4v) is 2.34. The van der Waals surface area contributed by atoms with E-state index in [4.69, 9.17) is 10.9 Å². The molecule has 1 aromatic heterocycles. The molecular formula is C12H20N6O2. The van der Waals surface area contributed by atoms with E-state index in [-0.39, 0.29) is 17.8 Å². The standard InChI is InChI=1S/C12H20N6O2/c1-8-10(6-14-16-8)12(19)15-9-2-4-18(5-3-9)7-11(13)17-20/h6,9,20H,2-5,7H2,1H3,(H2,13,17)(H,14,16)(H,15,19). The Morgan fingerprint density at radius 3 is 2.90 bits per heavy atom. The zero-order chi connectivity index (χ0) is 14.5. The van der Waals surface area contributed by atoms with Gasteiger partial charge in [-0.2, -0.15) is 5.10 Å². The first-order valence-corrected chi connectivity index (χ1v) is 6.59. The number of amidine groups is 1. The molecule has 2 heterocycles. The highest BCUT2D eigenvalue weighted by Crippen LogP contribution is 2.11. The monoisotopic (exact) mass is 280 g/mol. The zero-order valence-corrected chi connectivity index (χ0v) is 11.5. The van der Waals surface area contributed by atoms with Gasteiger partial charge < -0.3 is 16.3 Å². The quantitative estimate of drug-likeness (QED) is 0.260. The highest BCUT2D eigenvalue weighted by atomic mass is 16.4. The fourth-order valence-electron chi connectivity index (χ4n) is 2.34. The van der Waals surface area contributed by atoms with Gasteiger partial charge in [0.2, 0.25) is 0 Å². The van der Waals surface area contributed by atoms with Gasteiger partial charge in [-0.25, -0.2) is 0 Å². The summed E-state index contributed by atoms with van der Waals surface area (Å²) >= 11 is 0. The smallest absolute Gasteiger partial charge is 0.254 e. The summed E-state index contributed by atoms with van der Waals surface area (Å²) in [6, 6.07) is 0.153. The van der Waals surface area contributed by atoms with E-state index in [0.717, 1.165) is 31.6 Å². The van der Waals surface area contributed by atoms with Gasteiger partial charge in [0, 0.05) is 24.8 Å². The SMILES string of the molecule is Cc1[nH]ncc1C(=O)NC1CCN(CC(N)=NO)CC1. The number of hydrogen-bond acceptors (Lipinski definition) is 5. The van der Waals surface area contributed by atoms with Crippen LogP contribution < -0.4 is 11.1 Å². The third-order valence-corrected chi connectivity index (χ3v) is 3.51. The van der Waals surface area contributed by atoms with Crippen molar-refractivity contribution < 1.29 is 10.0 Å². The molecule has 1 aliphatic heterocycles. The van der Waals surface area contributed by atoms with Gasteiger partial charge in [-0.05, 0) is 19.8 Å². The number of carbonyl (C=O) groups excluding carboxylic acids is 1. The molecule has 0 bridgehead atoms. The van der Waals surface area contributed by atoms with Gasteiger partial charge in [0.25, 0.3) is 5.91 Å². The summed E-state index contributed by atoms with van der Waals surface area (Å²) in [7, 11) is 0. The highest BCUT2D eigenvalue weighted by Gasteiger charge is 2.22. The van der Waals surface area contributed by atoms with Crippen molar-refractivity contribution in [1.82, 2.24) is 20.4 Å². The molecule has 0 atom stereocenters. The second-order valence-corrected chi connectivity index (χ2v) is 5.02. The predicted molar refractivity (Wildman–Crippen MR) is 73.7 cm³/mol. The summed E-state index contributed by atoms with van der Waals surface area (Å²) in [4.78, 5) is 14.1. The molecule has 0 radical (unpaired) electrons. The van der Waals surface area contributed by atoms with Gasteiger partial charge >= 0.3 is 0 Å². The van der Waals surface area contributed by atoms with Crippen LogP contribution in [0.3, 0.4) is 0 Å². The average molecular weight is 280 g/mol. The number of rotatable bonds is 4. The van der Waals surface area contributed by atoms with Crippen molar-refractivity contribution in [2.24, 2.45) is 10.9 Å². The number of oxime groups is 1. The van der Waals surface area contributed by atoms with Crippen LogP contribution >= 0.6 is 0 Å². The number of aromatic nitrogens is 2. The maximum atomic E-state index is 12.0. The maximum absolute atomic E-state index is 12.0. The van der Waals surface area contributed by atoms with Gasteiger partial charge in [0.05, 0.1) is 18.3 Å². The number of piperidine rings is 1. The molecule has 0 aliphatic carbocycles. The Hall–Kier alpha value is -2.09. The number of aryl methyl sites for hydroxylation is 1. The van der Waals surface area contributed by atoms with Gasteiger partial charge in [-0.1, -0.05) is 5.16 Å². The Bertz CT molecular complexity index is 490. The molecule has 2 rings (SSSR count). The van der Waals surface area contributed by atoms with E-state index in [0.29, 0.717) is 12.1 Å². The molecule has 8 nitrogen and oxygen atoms in total. The minimum Gasteiger partial charge on any atom is -0.409 e. The lowest BCUT2D eigenvalue weighted by Gasteiger charge is -2.31. The van der Waals surface area contributed by atoms with Crippen molar-refractivity contribution in [3.8, 4) is 0 Å². The molecule has 0 saturated carbocycles. The lowest BCUT2D eigenvalue weighted by molar-refractivity contribution is 0.0914. The molecule has 5 N–H and O–H groups in total. The Morgan fingerprint density at radius 1 is 1.65 bits per heavy atom. The van der Waals surface area contributed by atoms with Crippen LogP contribution in [0.25, 0.3) is 0 Å². The second kappa shape index (κ2) is 6.38. The van der Waals surface area contributed by atoms with Gasteiger partial charge in [-0.15, -0.1) is 0 Å². The van der Waals surface area contributed by atoms with Crippen molar-refractivity contribution in [2.75, 3.05) is 19.6 Å². The van der Waals surface area contributed by atoms with E-state index in [2.05, 4.69) is 25.6 Å². The maximum Gasteiger partial charge on any atom is 0.254 e. The van der Waals surface area contributed by atoms with Crippen LogP contribution in [-0.4, -0.2) is 57.7 Å². The molecule has 0 unspecified atom stereocenters. The summed E-state index contributed by atoms with van der Waals surface area (Å²) in [6.45, 7) is 3.90. The van der Waals surface area contributed by atoms with E-state index in [1.54, 1.807) is 0 Å². The number of nitrogens with one attached hydrogen (secondary N) is 2. The van der Waals surface area contributed by atoms with Crippen LogP contribution in [0.1, 0.15) is 28.9 Å².